The van der Waals surface area contributed by atoms with E-state index in [1.807, 2.05) is 24.3 Å². The molecule has 0 aromatic heterocycles. The van der Waals surface area contributed by atoms with Crippen molar-refractivity contribution in [3.63, 3.8) is 0 Å². The number of phenols is 1. The van der Waals surface area contributed by atoms with E-state index >= 15 is 0 Å². The van der Waals surface area contributed by atoms with Crippen molar-refractivity contribution in [1.82, 2.24) is 5.32 Å². The molecule has 0 saturated carbocycles. The van der Waals surface area contributed by atoms with Crippen molar-refractivity contribution in [3.05, 3.63) is 83.4 Å². The van der Waals surface area contributed by atoms with Crippen LogP contribution in [0.3, 0.4) is 0 Å². The van der Waals surface area contributed by atoms with Gasteiger partial charge in [-0.15, -0.1) is 0 Å². The van der Waals surface area contributed by atoms with Crippen LogP contribution in [0.1, 0.15) is 35.1 Å². The van der Waals surface area contributed by atoms with Crippen LogP contribution >= 0.6 is 0 Å². The van der Waals surface area contributed by atoms with Gasteiger partial charge in [0.1, 0.15) is 5.75 Å². The highest BCUT2D eigenvalue weighted by molar-refractivity contribution is 5.85. The molecule has 6 N–H and O–H groups in total. The number of benzene rings is 3. The predicted octanol–water partition coefficient (Wildman–Crippen LogP) is 4.16. The monoisotopic (exact) mass is 536 g/mol. The number of rotatable bonds is 12. The molecular weight excluding hydrogens is 504 g/mol. The molecule has 11 heteroatoms. The zero-order valence-corrected chi connectivity index (χ0v) is 21.6. The van der Waals surface area contributed by atoms with Crippen LogP contribution in [0.2, 0.25) is 0 Å². The summed E-state index contributed by atoms with van der Waals surface area (Å²) in [5, 5.41) is 31.3. The maximum absolute atomic E-state index is 11.5. The van der Waals surface area contributed by atoms with Gasteiger partial charge in [0.05, 0.1) is 26.0 Å². The maximum Gasteiger partial charge on any atom is 0.411 e. The second kappa shape index (κ2) is 14.4. The lowest BCUT2D eigenvalue weighted by molar-refractivity contribution is -0.105. The summed E-state index contributed by atoms with van der Waals surface area (Å²) in [6, 6.07) is 19.4. The second-order valence-corrected chi connectivity index (χ2v) is 8.58. The largest absolute Gasteiger partial charge is 0.506 e. The number of hydrogen-bond acceptors (Lipinski definition) is 8. The number of carbonyl (C=O) groups is 3. The van der Waals surface area contributed by atoms with E-state index in [4.69, 9.17) is 0 Å². The van der Waals surface area contributed by atoms with Crippen LogP contribution in [0.5, 0.6) is 5.75 Å². The van der Waals surface area contributed by atoms with E-state index in [1.165, 1.54) is 26.4 Å². The lowest BCUT2D eigenvalue weighted by Crippen LogP contribution is -2.24. The van der Waals surface area contributed by atoms with Crippen LogP contribution in [0.15, 0.2) is 66.7 Å². The van der Waals surface area contributed by atoms with E-state index < -0.39 is 18.3 Å². The van der Waals surface area contributed by atoms with Gasteiger partial charge in [0.2, 0.25) is 6.41 Å². The molecule has 0 saturated heterocycles. The van der Waals surface area contributed by atoms with Crippen molar-refractivity contribution in [2.24, 2.45) is 0 Å². The van der Waals surface area contributed by atoms with E-state index in [0.29, 0.717) is 36.3 Å². The Morgan fingerprint density at radius 2 is 1.36 bits per heavy atom. The zero-order valence-electron chi connectivity index (χ0n) is 21.6. The van der Waals surface area contributed by atoms with E-state index in [-0.39, 0.29) is 23.9 Å². The van der Waals surface area contributed by atoms with Gasteiger partial charge in [0.15, 0.2) is 0 Å². The average molecular weight is 537 g/mol. The number of nitrogens with one attached hydrogen (secondary N) is 4. The molecule has 0 aliphatic heterocycles. The quantitative estimate of drug-likeness (QED) is 0.114. The number of phenolic OH excluding ortho intramolecular Hbond substituents is 1. The Bertz CT molecular complexity index is 1190. The molecule has 0 radical (unpaired) electrons. The first kappa shape index (κ1) is 29.0. The molecule has 11 nitrogen and oxygen atoms in total. The van der Waals surface area contributed by atoms with Crippen molar-refractivity contribution in [2.75, 3.05) is 43.3 Å². The number of anilines is 3. The average Bonchev–Trinajstić information content (AvgIpc) is 2.95. The molecule has 3 amide bonds. The number of ether oxygens (including phenoxy) is 2. The first-order valence-corrected chi connectivity index (χ1v) is 12.2. The standard InChI is InChI=1S/C28H32N4O7/c1-38-27(36)31-21-8-3-18(4-9-21)23(19-5-10-22(11-6-19)32-28(37)39-2)13-14-29-16-26(35)20-7-12-25(34)24(15-20)30-17-33/h3-12,15,17,23,26,29,34-35H,13-14,16H2,1-2H3,(H,30,33)(H,31,36)(H,32,37)/t26-/m0/s1. The second-order valence-electron chi connectivity index (χ2n) is 8.58. The minimum absolute atomic E-state index is 0.0361. The summed E-state index contributed by atoms with van der Waals surface area (Å²) in [4.78, 5) is 33.8. The highest BCUT2D eigenvalue weighted by Gasteiger charge is 2.16. The molecule has 0 fully saturated rings. The summed E-state index contributed by atoms with van der Waals surface area (Å²) in [5.74, 6) is -0.125. The summed E-state index contributed by atoms with van der Waals surface area (Å²) >= 11 is 0. The Balaban J connectivity index is 1.70. The molecule has 0 aliphatic rings. The van der Waals surface area contributed by atoms with Gasteiger partial charge in [0, 0.05) is 23.8 Å². The number of methoxy groups -OCH3 is 2. The lowest BCUT2D eigenvalue weighted by atomic mass is 9.88. The van der Waals surface area contributed by atoms with Gasteiger partial charge in [-0.25, -0.2) is 9.59 Å². The molecule has 0 heterocycles. The molecule has 206 valence electrons. The number of aliphatic hydroxyl groups excluding tert-OH is 1. The third kappa shape index (κ3) is 8.45. The van der Waals surface area contributed by atoms with Crippen LogP contribution in [0, 0.1) is 0 Å². The van der Waals surface area contributed by atoms with E-state index in [1.54, 1.807) is 30.3 Å². The van der Waals surface area contributed by atoms with Crippen LogP contribution in [-0.4, -0.2) is 56.1 Å². The minimum atomic E-state index is -0.858. The first-order chi connectivity index (χ1) is 18.8. The van der Waals surface area contributed by atoms with Gasteiger partial charge in [-0.1, -0.05) is 30.3 Å². The molecule has 3 aromatic carbocycles. The van der Waals surface area contributed by atoms with Crippen LogP contribution < -0.4 is 21.3 Å². The van der Waals surface area contributed by atoms with Crippen LogP contribution in [0.25, 0.3) is 0 Å². The topological polar surface area (TPSA) is 158 Å². The molecular formula is C28H32N4O7. The minimum Gasteiger partial charge on any atom is -0.506 e. The van der Waals surface area contributed by atoms with Crippen LogP contribution in [0.4, 0.5) is 26.7 Å². The Labute approximate surface area is 226 Å². The smallest absolute Gasteiger partial charge is 0.411 e. The van der Waals surface area contributed by atoms with Crippen LogP contribution in [-0.2, 0) is 14.3 Å². The summed E-state index contributed by atoms with van der Waals surface area (Å²) in [5.41, 5.74) is 3.97. The third-order valence-electron chi connectivity index (χ3n) is 6.06. The number of carbonyl (C=O) groups excluding carboxylic acids is 3. The summed E-state index contributed by atoms with van der Waals surface area (Å²) in [6.45, 7) is 0.811. The molecule has 0 aliphatic carbocycles. The van der Waals surface area contributed by atoms with E-state index in [0.717, 1.165) is 11.1 Å². The normalized spacial score (nSPS) is 11.4. The van der Waals surface area contributed by atoms with Gasteiger partial charge in [0.25, 0.3) is 0 Å². The molecule has 0 spiro atoms. The van der Waals surface area contributed by atoms with Gasteiger partial charge in [-0.2, -0.15) is 0 Å². The summed E-state index contributed by atoms with van der Waals surface area (Å²) in [7, 11) is 2.59. The fraction of sp³-hybridized carbons (Fsp3) is 0.250. The number of aliphatic hydroxyl groups is 1. The number of amides is 3. The molecule has 0 unspecified atom stereocenters. The predicted molar refractivity (Wildman–Crippen MR) is 147 cm³/mol. The maximum atomic E-state index is 11.5. The molecule has 0 bridgehead atoms. The fourth-order valence-electron chi connectivity index (χ4n) is 4.00. The van der Waals surface area contributed by atoms with Gasteiger partial charge in [-0.3, -0.25) is 15.4 Å². The Kier molecular flexibility index (Phi) is 10.7. The number of aromatic hydroxyl groups is 1. The molecule has 3 rings (SSSR count). The highest BCUT2D eigenvalue weighted by Crippen LogP contribution is 2.30. The zero-order chi connectivity index (χ0) is 28.2. The summed E-state index contributed by atoms with van der Waals surface area (Å²) < 4.78 is 9.28. The fourth-order valence-corrected chi connectivity index (χ4v) is 4.00. The van der Waals surface area contributed by atoms with Gasteiger partial charge >= 0.3 is 12.2 Å². The molecule has 39 heavy (non-hydrogen) atoms. The third-order valence-corrected chi connectivity index (χ3v) is 6.06. The van der Waals surface area contributed by atoms with Crippen molar-refractivity contribution in [3.8, 4) is 5.75 Å². The highest BCUT2D eigenvalue weighted by atomic mass is 16.5. The van der Waals surface area contributed by atoms with E-state index in [2.05, 4.69) is 30.7 Å². The first-order valence-electron chi connectivity index (χ1n) is 12.2. The van der Waals surface area contributed by atoms with Crippen molar-refractivity contribution < 1.29 is 34.1 Å². The SMILES string of the molecule is COC(=O)Nc1ccc(C(CCNC[C@H](O)c2ccc(O)c(NC=O)c2)c2ccc(NC(=O)OC)cc2)cc1. The Hall–Kier alpha value is -4.61. The molecule has 1 atom stereocenters. The Morgan fingerprint density at radius 1 is 0.846 bits per heavy atom. The Morgan fingerprint density at radius 3 is 1.85 bits per heavy atom. The number of hydrogen-bond donors (Lipinski definition) is 6. The van der Waals surface area contributed by atoms with E-state index in [9.17, 15) is 24.6 Å². The lowest BCUT2D eigenvalue weighted by Gasteiger charge is -2.20. The van der Waals surface area contributed by atoms with Gasteiger partial charge in [-0.05, 0) is 66.1 Å². The van der Waals surface area contributed by atoms with Crippen molar-refractivity contribution in [1.29, 1.82) is 0 Å². The molecule has 3 aromatic rings. The van der Waals surface area contributed by atoms with Crippen molar-refractivity contribution >= 4 is 35.7 Å². The van der Waals surface area contributed by atoms with Crippen molar-refractivity contribution in [2.45, 2.75) is 18.4 Å². The summed E-state index contributed by atoms with van der Waals surface area (Å²) in [6.07, 6.45) is -0.839. The van der Waals surface area contributed by atoms with Gasteiger partial charge < -0.3 is 30.3 Å².